The van der Waals surface area contributed by atoms with Crippen LogP contribution >= 0.6 is 0 Å². The first-order chi connectivity index (χ1) is 9.93. The number of amides is 1. The van der Waals surface area contributed by atoms with E-state index in [9.17, 15) is 14.4 Å². The van der Waals surface area contributed by atoms with E-state index in [1.807, 2.05) is 0 Å². The Kier molecular flexibility index (Phi) is 5.65. The molecule has 0 heterocycles. The Labute approximate surface area is 120 Å². The van der Waals surface area contributed by atoms with E-state index in [1.54, 1.807) is 18.2 Å². The van der Waals surface area contributed by atoms with Gasteiger partial charge in [0.15, 0.2) is 5.78 Å². The fourth-order valence-corrected chi connectivity index (χ4v) is 1.38. The SMILES string of the molecule is CC(=O)c1ccc(NC(=O)/C(C#N)=C\NCC(=O)O)cc1. The molecule has 1 aromatic rings. The van der Waals surface area contributed by atoms with Crippen LogP contribution < -0.4 is 10.6 Å². The predicted octanol–water partition coefficient (Wildman–Crippen LogP) is 0.909. The molecule has 0 fully saturated rings. The maximum Gasteiger partial charge on any atom is 0.322 e. The lowest BCUT2D eigenvalue weighted by Gasteiger charge is -2.05. The van der Waals surface area contributed by atoms with E-state index in [4.69, 9.17) is 10.4 Å². The highest BCUT2D eigenvalue weighted by molar-refractivity contribution is 6.06. The molecule has 0 atom stereocenters. The van der Waals surface area contributed by atoms with Gasteiger partial charge in [-0.25, -0.2) is 0 Å². The van der Waals surface area contributed by atoms with Gasteiger partial charge in [0.2, 0.25) is 0 Å². The Balaban J connectivity index is 2.72. The van der Waals surface area contributed by atoms with E-state index < -0.39 is 18.4 Å². The van der Waals surface area contributed by atoms with E-state index in [2.05, 4.69) is 10.6 Å². The van der Waals surface area contributed by atoms with Crippen LogP contribution in [0.3, 0.4) is 0 Å². The van der Waals surface area contributed by atoms with Crippen molar-refractivity contribution in [1.82, 2.24) is 5.32 Å². The molecule has 0 bridgehead atoms. The van der Waals surface area contributed by atoms with Gasteiger partial charge in [0.1, 0.15) is 18.2 Å². The molecule has 0 saturated heterocycles. The van der Waals surface area contributed by atoms with E-state index in [1.165, 1.54) is 19.1 Å². The summed E-state index contributed by atoms with van der Waals surface area (Å²) in [5.74, 6) is -1.88. The summed E-state index contributed by atoms with van der Waals surface area (Å²) in [6.07, 6.45) is 1.04. The molecule has 0 radical (unpaired) electrons. The Morgan fingerprint density at radius 2 is 1.90 bits per heavy atom. The first-order valence-corrected chi connectivity index (χ1v) is 5.92. The van der Waals surface area contributed by atoms with Crippen molar-refractivity contribution < 1.29 is 19.5 Å². The van der Waals surface area contributed by atoms with E-state index in [0.717, 1.165) is 6.20 Å². The number of ketones is 1. The number of anilines is 1. The Morgan fingerprint density at radius 1 is 1.29 bits per heavy atom. The first kappa shape index (κ1) is 15.9. The topological polar surface area (TPSA) is 119 Å². The van der Waals surface area contributed by atoms with Gasteiger partial charge in [0, 0.05) is 17.5 Å². The Morgan fingerprint density at radius 3 is 2.38 bits per heavy atom. The van der Waals surface area contributed by atoms with Gasteiger partial charge in [-0.2, -0.15) is 5.26 Å². The second-order valence-electron chi connectivity index (χ2n) is 4.03. The molecule has 7 heteroatoms. The van der Waals surface area contributed by atoms with Crippen molar-refractivity contribution in [1.29, 1.82) is 5.26 Å². The summed E-state index contributed by atoms with van der Waals surface area (Å²) in [5.41, 5.74) is 0.670. The van der Waals surface area contributed by atoms with Crippen LogP contribution in [0.25, 0.3) is 0 Å². The third kappa shape index (κ3) is 5.16. The zero-order valence-corrected chi connectivity index (χ0v) is 11.2. The molecule has 0 aliphatic carbocycles. The number of hydrogen-bond acceptors (Lipinski definition) is 5. The zero-order valence-electron chi connectivity index (χ0n) is 11.2. The molecule has 1 rings (SSSR count). The van der Waals surface area contributed by atoms with Crippen molar-refractivity contribution in [2.75, 3.05) is 11.9 Å². The van der Waals surface area contributed by atoms with Gasteiger partial charge in [-0.15, -0.1) is 0 Å². The molecule has 0 aliphatic rings. The molecule has 0 aliphatic heterocycles. The second kappa shape index (κ2) is 7.45. The van der Waals surface area contributed by atoms with Crippen LogP contribution in [0.5, 0.6) is 0 Å². The summed E-state index contributed by atoms with van der Waals surface area (Å²) in [6.45, 7) is 1.03. The summed E-state index contributed by atoms with van der Waals surface area (Å²) < 4.78 is 0. The summed E-state index contributed by atoms with van der Waals surface area (Å²) in [6, 6.07) is 7.84. The lowest BCUT2D eigenvalue weighted by Crippen LogP contribution is -2.20. The van der Waals surface area contributed by atoms with Gasteiger partial charge < -0.3 is 15.7 Å². The fraction of sp³-hybridized carbons (Fsp3) is 0.143. The summed E-state index contributed by atoms with van der Waals surface area (Å²) in [4.78, 5) is 33.2. The highest BCUT2D eigenvalue weighted by atomic mass is 16.4. The maximum atomic E-state index is 11.8. The average molecular weight is 287 g/mol. The number of nitriles is 1. The van der Waals surface area contributed by atoms with E-state index >= 15 is 0 Å². The Hall–Kier alpha value is -3.14. The lowest BCUT2D eigenvalue weighted by molar-refractivity contribution is -0.135. The molecule has 0 saturated carbocycles. The number of nitrogens with one attached hydrogen (secondary N) is 2. The minimum Gasteiger partial charge on any atom is -0.480 e. The summed E-state index contributed by atoms with van der Waals surface area (Å²) in [7, 11) is 0. The predicted molar refractivity (Wildman–Crippen MR) is 74.4 cm³/mol. The number of benzene rings is 1. The number of carboxylic acids is 1. The summed E-state index contributed by atoms with van der Waals surface area (Å²) >= 11 is 0. The second-order valence-corrected chi connectivity index (χ2v) is 4.03. The van der Waals surface area contributed by atoms with E-state index in [0.29, 0.717) is 11.3 Å². The minimum atomic E-state index is -1.11. The quantitative estimate of drug-likeness (QED) is 0.406. The monoisotopic (exact) mass is 287 g/mol. The summed E-state index contributed by atoms with van der Waals surface area (Å²) in [5, 5.41) is 22.1. The van der Waals surface area contributed by atoms with Crippen molar-refractivity contribution in [3.8, 4) is 6.07 Å². The molecule has 1 amide bonds. The smallest absolute Gasteiger partial charge is 0.322 e. The van der Waals surface area contributed by atoms with Crippen molar-refractivity contribution in [2.45, 2.75) is 6.92 Å². The van der Waals surface area contributed by atoms with E-state index in [-0.39, 0.29) is 11.4 Å². The van der Waals surface area contributed by atoms with Crippen LogP contribution in [0, 0.1) is 11.3 Å². The molecular formula is C14H13N3O4. The maximum absolute atomic E-state index is 11.8. The van der Waals surface area contributed by atoms with Gasteiger partial charge in [0.05, 0.1) is 0 Å². The zero-order chi connectivity index (χ0) is 15.8. The van der Waals surface area contributed by atoms with Gasteiger partial charge >= 0.3 is 5.97 Å². The number of aliphatic carboxylic acids is 1. The Bertz CT molecular complexity index is 627. The number of carbonyl (C=O) groups excluding carboxylic acids is 2. The number of carboxylic acid groups (broad SMARTS) is 1. The van der Waals surface area contributed by atoms with Crippen LogP contribution in [0.15, 0.2) is 36.0 Å². The number of carbonyl (C=O) groups is 3. The normalized spacial score (nSPS) is 10.4. The molecule has 0 unspecified atom stereocenters. The first-order valence-electron chi connectivity index (χ1n) is 5.92. The molecule has 108 valence electrons. The molecule has 7 nitrogen and oxygen atoms in total. The average Bonchev–Trinajstić information content (AvgIpc) is 2.43. The van der Waals surface area contributed by atoms with Crippen LogP contribution in [0.1, 0.15) is 17.3 Å². The van der Waals surface area contributed by atoms with Gasteiger partial charge in [0.25, 0.3) is 5.91 Å². The molecule has 3 N–H and O–H groups in total. The number of nitrogens with zero attached hydrogens (tertiary/aromatic N) is 1. The van der Waals surface area contributed by atoms with Gasteiger partial charge in [-0.3, -0.25) is 14.4 Å². The lowest BCUT2D eigenvalue weighted by atomic mass is 10.1. The molecule has 0 aromatic heterocycles. The van der Waals surface area contributed by atoms with Crippen LogP contribution in [-0.4, -0.2) is 29.3 Å². The molecule has 21 heavy (non-hydrogen) atoms. The van der Waals surface area contributed by atoms with Crippen LogP contribution in [0.2, 0.25) is 0 Å². The van der Waals surface area contributed by atoms with Gasteiger partial charge in [-0.1, -0.05) is 0 Å². The molecular weight excluding hydrogens is 274 g/mol. The third-order valence-corrected chi connectivity index (χ3v) is 2.41. The van der Waals surface area contributed by atoms with Crippen LogP contribution in [-0.2, 0) is 9.59 Å². The van der Waals surface area contributed by atoms with Crippen molar-refractivity contribution in [2.24, 2.45) is 0 Å². The standard InChI is InChI=1S/C14H13N3O4/c1-9(18)10-2-4-12(5-3-10)17-14(21)11(6-15)7-16-8-13(19)20/h2-5,7,16H,8H2,1H3,(H,17,21)(H,19,20)/b11-7-. The fourth-order valence-electron chi connectivity index (χ4n) is 1.38. The third-order valence-electron chi connectivity index (χ3n) is 2.41. The number of rotatable bonds is 6. The molecule has 1 aromatic carbocycles. The highest BCUT2D eigenvalue weighted by Gasteiger charge is 2.09. The highest BCUT2D eigenvalue weighted by Crippen LogP contribution is 2.11. The largest absolute Gasteiger partial charge is 0.480 e. The van der Waals surface area contributed by atoms with Gasteiger partial charge in [-0.05, 0) is 31.2 Å². The van der Waals surface area contributed by atoms with Crippen molar-refractivity contribution >= 4 is 23.3 Å². The minimum absolute atomic E-state index is 0.0941. The van der Waals surface area contributed by atoms with Crippen molar-refractivity contribution in [3.05, 3.63) is 41.6 Å². The van der Waals surface area contributed by atoms with Crippen molar-refractivity contribution in [3.63, 3.8) is 0 Å². The molecule has 0 spiro atoms. The van der Waals surface area contributed by atoms with Crippen LogP contribution in [0.4, 0.5) is 5.69 Å². The number of hydrogen-bond donors (Lipinski definition) is 3. The number of Topliss-reactive ketones (excluding diaryl/α,β-unsaturated/α-hetero) is 1.